The van der Waals surface area contributed by atoms with Crippen LogP contribution in [0.25, 0.3) is 0 Å². The highest BCUT2D eigenvalue weighted by atomic mass is 35.5. The van der Waals surface area contributed by atoms with Gasteiger partial charge < -0.3 is 14.8 Å². The van der Waals surface area contributed by atoms with E-state index in [9.17, 15) is 18.4 Å². The molecular weight excluding hydrogens is 308 g/mol. The fourth-order valence-electron chi connectivity index (χ4n) is 1.58. The average Bonchev–Trinajstić information content (AvgIpc) is 2.35. The highest BCUT2D eigenvalue weighted by molar-refractivity contribution is 6.33. The maximum atomic E-state index is 13.5. The summed E-state index contributed by atoms with van der Waals surface area (Å²) in [7, 11) is 0. The van der Waals surface area contributed by atoms with Crippen LogP contribution in [0.3, 0.4) is 0 Å². The summed E-state index contributed by atoms with van der Waals surface area (Å²) in [5.74, 6) is -4.98. The van der Waals surface area contributed by atoms with Crippen molar-refractivity contribution in [2.75, 3.05) is 5.32 Å². The van der Waals surface area contributed by atoms with Crippen molar-refractivity contribution in [3.8, 4) is 0 Å². The minimum atomic E-state index is -1.38. The summed E-state index contributed by atoms with van der Waals surface area (Å²) in [5, 5.41) is 1.76. The van der Waals surface area contributed by atoms with E-state index >= 15 is 0 Å². The number of carbonyl (C=O) groups excluding carboxylic acids is 2. The van der Waals surface area contributed by atoms with Gasteiger partial charge in [0.2, 0.25) is 0 Å². The predicted molar refractivity (Wildman–Crippen MR) is 69.3 cm³/mol. The molecule has 0 aliphatic carbocycles. The second-order valence-electron chi connectivity index (χ2n) is 4.60. The van der Waals surface area contributed by atoms with Crippen molar-refractivity contribution in [3.05, 3.63) is 40.6 Å². The van der Waals surface area contributed by atoms with Crippen LogP contribution in [0.2, 0.25) is 5.02 Å². The Morgan fingerprint density at radius 1 is 1.14 bits per heavy atom. The standard InChI is InChI=1S/C13H10ClF2NO4/c1-13(2)20-11(18)6(12(19)21-13)5-17-10-8(16)4-3-7(15)9(10)14/h3-5,17H,1-2H3. The molecule has 0 aromatic heterocycles. The monoisotopic (exact) mass is 317 g/mol. The molecule has 1 heterocycles. The zero-order valence-corrected chi connectivity index (χ0v) is 11.8. The predicted octanol–water partition coefficient (Wildman–Crippen LogP) is 2.75. The number of ether oxygens (including phenoxy) is 2. The normalized spacial score (nSPS) is 17.1. The first-order chi connectivity index (χ1) is 9.71. The van der Waals surface area contributed by atoms with E-state index in [-0.39, 0.29) is 0 Å². The van der Waals surface area contributed by atoms with Crippen molar-refractivity contribution in [1.29, 1.82) is 0 Å². The van der Waals surface area contributed by atoms with E-state index in [1.807, 2.05) is 0 Å². The molecule has 0 bridgehead atoms. The Labute approximate surface area is 123 Å². The largest absolute Gasteiger partial charge is 0.419 e. The van der Waals surface area contributed by atoms with Gasteiger partial charge in [-0.1, -0.05) is 11.6 Å². The minimum absolute atomic E-state index is 0.408. The molecule has 0 saturated carbocycles. The van der Waals surface area contributed by atoms with Crippen LogP contribution < -0.4 is 5.32 Å². The Bertz CT molecular complexity index is 636. The Balaban J connectivity index is 2.28. The van der Waals surface area contributed by atoms with E-state index < -0.39 is 45.6 Å². The first-order valence-corrected chi connectivity index (χ1v) is 6.16. The molecule has 2 rings (SSSR count). The van der Waals surface area contributed by atoms with Gasteiger partial charge in [-0.2, -0.15) is 0 Å². The first kappa shape index (κ1) is 15.2. The summed E-state index contributed by atoms with van der Waals surface area (Å²) < 4.78 is 36.4. The number of hydrogen-bond acceptors (Lipinski definition) is 5. The van der Waals surface area contributed by atoms with Gasteiger partial charge in [0.05, 0.1) is 5.69 Å². The van der Waals surface area contributed by atoms with Crippen LogP contribution in [0, 0.1) is 11.6 Å². The number of rotatable bonds is 2. The first-order valence-electron chi connectivity index (χ1n) is 5.78. The van der Waals surface area contributed by atoms with E-state index in [1.54, 1.807) is 0 Å². The summed E-state index contributed by atoms with van der Waals surface area (Å²) in [6.45, 7) is 2.77. The number of nitrogens with one attached hydrogen (secondary N) is 1. The molecule has 0 atom stereocenters. The average molecular weight is 318 g/mol. The second kappa shape index (κ2) is 5.33. The van der Waals surface area contributed by atoms with Gasteiger partial charge in [0.1, 0.15) is 16.7 Å². The number of benzene rings is 1. The van der Waals surface area contributed by atoms with Gasteiger partial charge in [-0.15, -0.1) is 0 Å². The topological polar surface area (TPSA) is 64.6 Å². The summed E-state index contributed by atoms with van der Waals surface area (Å²) in [6, 6.07) is 1.70. The van der Waals surface area contributed by atoms with E-state index in [1.165, 1.54) is 13.8 Å². The number of anilines is 1. The van der Waals surface area contributed by atoms with E-state index in [4.69, 9.17) is 21.1 Å². The number of cyclic esters (lactones) is 2. The second-order valence-corrected chi connectivity index (χ2v) is 4.98. The minimum Gasteiger partial charge on any atom is -0.419 e. The maximum absolute atomic E-state index is 13.5. The smallest absolute Gasteiger partial charge is 0.350 e. The summed E-state index contributed by atoms with van der Waals surface area (Å²) >= 11 is 5.60. The molecule has 1 saturated heterocycles. The Kier molecular flexibility index (Phi) is 3.87. The molecule has 5 nitrogen and oxygen atoms in total. The van der Waals surface area contributed by atoms with E-state index in [0.717, 1.165) is 18.3 Å². The number of carbonyl (C=O) groups is 2. The summed E-state index contributed by atoms with van der Waals surface area (Å²) in [5.41, 5.74) is -0.899. The molecular formula is C13H10ClF2NO4. The molecule has 1 aromatic rings. The van der Waals surface area contributed by atoms with Gasteiger partial charge >= 0.3 is 11.9 Å². The summed E-state index contributed by atoms with van der Waals surface area (Å²) in [6.07, 6.45) is 0.851. The highest BCUT2D eigenvalue weighted by Crippen LogP contribution is 2.29. The van der Waals surface area contributed by atoms with Crippen LogP contribution in [0.15, 0.2) is 23.9 Å². The Morgan fingerprint density at radius 3 is 2.24 bits per heavy atom. The lowest BCUT2D eigenvalue weighted by molar-refractivity contribution is -0.222. The third-order valence-electron chi connectivity index (χ3n) is 2.52. The fraction of sp³-hybridized carbons (Fsp3) is 0.231. The van der Waals surface area contributed by atoms with Gasteiger partial charge in [-0.05, 0) is 12.1 Å². The van der Waals surface area contributed by atoms with Crippen LogP contribution >= 0.6 is 11.6 Å². The van der Waals surface area contributed by atoms with Gasteiger partial charge in [-0.25, -0.2) is 18.4 Å². The van der Waals surface area contributed by atoms with Crippen molar-refractivity contribution in [2.24, 2.45) is 0 Å². The molecule has 0 spiro atoms. The van der Waals surface area contributed by atoms with Crippen LogP contribution in [-0.2, 0) is 19.1 Å². The van der Waals surface area contributed by atoms with E-state index in [0.29, 0.717) is 0 Å². The lowest BCUT2D eigenvalue weighted by Crippen LogP contribution is -2.42. The molecule has 1 aromatic carbocycles. The quantitative estimate of drug-likeness (QED) is 0.393. The van der Waals surface area contributed by atoms with Gasteiger partial charge in [-0.3, -0.25) is 0 Å². The molecule has 21 heavy (non-hydrogen) atoms. The SMILES string of the molecule is CC1(C)OC(=O)C(=CNc2c(F)ccc(F)c2Cl)C(=O)O1. The molecule has 1 aliphatic heterocycles. The molecule has 0 unspecified atom stereocenters. The number of hydrogen-bond donors (Lipinski definition) is 1. The van der Waals surface area contributed by atoms with Crippen molar-refractivity contribution < 1.29 is 27.8 Å². The lowest BCUT2D eigenvalue weighted by atomic mass is 10.2. The number of halogens is 3. The fourth-order valence-corrected chi connectivity index (χ4v) is 1.79. The van der Waals surface area contributed by atoms with Crippen LogP contribution in [0.4, 0.5) is 14.5 Å². The van der Waals surface area contributed by atoms with Crippen molar-refractivity contribution in [1.82, 2.24) is 0 Å². The molecule has 112 valence electrons. The molecule has 0 radical (unpaired) electrons. The van der Waals surface area contributed by atoms with Crippen LogP contribution in [-0.4, -0.2) is 17.7 Å². The van der Waals surface area contributed by atoms with Gasteiger partial charge in [0, 0.05) is 20.0 Å². The van der Waals surface area contributed by atoms with Crippen molar-refractivity contribution in [3.63, 3.8) is 0 Å². The molecule has 1 N–H and O–H groups in total. The zero-order chi connectivity index (χ0) is 15.8. The number of esters is 2. The summed E-state index contributed by atoms with van der Waals surface area (Å²) in [4.78, 5) is 23.3. The van der Waals surface area contributed by atoms with Crippen LogP contribution in [0.1, 0.15) is 13.8 Å². The van der Waals surface area contributed by atoms with Gasteiger partial charge in [0.25, 0.3) is 5.79 Å². The van der Waals surface area contributed by atoms with Crippen molar-refractivity contribution >= 4 is 29.2 Å². The zero-order valence-electron chi connectivity index (χ0n) is 11.0. The molecule has 1 fully saturated rings. The molecule has 0 amide bonds. The third-order valence-corrected chi connectivity index (χ3v) is 2.89. The van der Waals surface area contributed by atoms with E-state index in [2.05, 4.69) is 5.32 Å². The lowest BCUT2D eigenvalue weighted by Gasteiger charge is -2.29. The molecule has 8 heteroatoms. The molecule has 1 aliphatic rings. The van der Waals surface area contributed by atoms with Crippen molar-refractivity contribution in [2.45, 2.75) is 19.6 Å². The highest BCUT2D eigenvalue weighted by Gasteiger charge is 2.39. The van der Waals surface area contributed by atoms with Crippen LogP contribution in [0.5, 0.6) is 0 Å². The van der Waals surface area contributed by atoms with Gasteiger partial charge in [0.15, 0.2) is 5.57 Å². The Hall–Kier alpha value is -2.15. The maximum Gasteiger partial charge on any atom is 0.350 e. The third kappa shape index (κ3) is 3.13. The Morgan fingerprint density at radius 2 is 1.67 bits per heavy atom.